The van der Waals surface area contributed by atoms with Crippen molar-refractivity contribution in [2.75, 3.05) is 0 Å². The van der Waals surface area contributed by atoms with Crippen molar-refractivity contribution in [3.8, 4) is 0 Å². The summed E-state index contributed by atoms with van der Waals surface area (Å²) in [5, 5.41) is 1.38. The van der Waals surface area contributed by atoms with E-state index in [9.17, 15) is 0 Å². The lowest BCUT2D eigenvalue weighted by molar-refractivity contribution is 0.783. The van der Waals surface area contributed by atoms with Gasteiger partial charge in [0.1, 0.15) is 0 Å². The van der Waals surface area contributed by atoms with Gasteiger partial charge >= 0.3 is 0 Å². The quantitative estimate of drug-likeness (QED) is 0.628. The van der Waals surface area contributed by atoms with Gasteiger partial charge in [0, 0.05) is 11.4 Å². The normalized spacial score (nSPS) is 14.4. The first-order valence-electron chi connectivity index (χ1n) is 5.02. The van der Waals surface area contributed by atoms with Crippen LogP contribution in [0.4, 0.5) is 0 Å². The molecule has 0 spiro atoms. The molecule has 2 rings (SSSR count). The molecule has 0 radical (unpaired) electrons. The summed E-state index contributed by atoms with van der Waals surface area (Å²) in [6.07, 6.45) is 2.09. The molecule has 1 atom stereocenters. The molecule has 1 nitrogen and oxygen atoms in total. The van der Waals surface area contributed by atoms with E-state index in [-0.39, 0.29) is 5.16 Å². The molecule has 0 amide bonds. The monoisotopic (exact) mass is 239 g/mol. The Kier molecular flexibility index (Phi) is 2.79. The van der Waals surface area contributed by atoms with Crippen LogP contribution in [-0.2, 0) is 0 Å². The van der Waals surface area contributed by atoms with Crippen molar-refractivity contribution in [2.45, 2.75) is 25.9 Å². The zero-order chi connectivity index (χ0) is 11.1. The maximum atomic E-state index is 6.53. The van der Waals surface area contributed by atoms with E-state index in [0.29, 0.717) is 0 Å². The van der Waals surface area contributed by atoms with Gasteiger partial charge in [-0.05, 0) is 17.5 Å². The van der Waals surface area contributed by atoms with Crippen molar-refractivity contribution in [1.29, 1.82) is 0 Å². The van der Waals surface area contributed by atoms with Crippen molar-refractivity contribution in [3.05, 3.63) is 36.5 Å². The molecule has 0 fully saturated rings. The Labute approximate surface area is 96.6 Å². The van der Waals surface area contributed by atoms with Crippen LogP contribution in [-0.4, -0.2) is 9.49 Å². The standard InChI is InChI=1S/C12H15ClNP/c1-12(2,3)15(13)14-9-8-10-6-4-5-7-11(10)14/h4-9H,1-3H3. The summed E-state index contributed by atoms with van der Waals surface area (Å²) in [4.78, 5) is 0. The Bertz CT molecular complexity index is 470. The number of benzene rings is 1. The number of rotatable bonds is 1. The van der Waals surface area contributed by atoms with E-state index in [0.717, 1.165) is 0 Å². The lowest BCUT2D eigenvalue weighted by Crippen LogP contribution is -2.11. The molecular weight excluding hydrogens is 225 g/mol. The Hall–Kier alpha value is -0.520. The van der Waals surface area contributed by atoms with Gasteiger partial charge in [0.05, 0.1) is 12.9 Å². The first-order chi connectivity index (χ1) is 7.00. The number of hydrogen-bond acceptors (Lipinski definition) is 0. The predicted octanol–water partition coefficient (Wildman–Crippen LogP) is 4.84. The zero-order valence-corrected chi connectivity index (χ0v) is 10.9. The Morgan fingerprint density at radius 2 is 1.80 bits per heavy atom. The van der Waals surface area contributed by atoms with Crippen LogP contribution >= 0.6 is 18.7 Å². The maximum Gasteiger partial charge on any atom is 0.0988 e. The largest absolute Gasteiger partial charge is 0.312 e. The molecule has 0 saturated carbocycles. The van der Waals surface area contributed by atoms with Gasteiger partial charge in [-0.2, -0.15) is 0 Å². The van der Waals surface area contributed by atoms with Crippen LogP contribution in [0.2, 0.25) is 0 Å². The van der Waals surface area contributed by atoms with Gasteiger partial charge in [0.15, 0.2) is 0 Å². The van der Waals surface area contributed by atoms with Gasteiger partial charge in [-0.25, -0.2) is 0 Å². The third-order valence-corrected chi connectivity index (χ3v) is 6.17. The molecule has 80 valence electrons. The van der Waals surface area contributed by atoms with Crippen LogP contribution in [0.5, 0.6) is 0 Å². The lowest BCUT2D eigenvalue weighted by Gasteiger charge is -2.26. The van der Waals surface area contributed by atoms with Crippen LogP contribution < -0.4 is 0 Å². The van der Waals surface area contributed by atoms with Crippen molar-refractivity contribution in [1.82, 2.24) is 4.34 Å². The second kappa shape index (κ2) is 3.81. The Balaban J connectivity index is 2.53. The molecule has 3 heteroatoms. The van der Waals surface area contributed by atoms with Gasteiger partial charge in [-0.1, -0.05) is 50.2 Å². The molecule has 1 aromatic heterocycles. The molecule has 0 aliphatic carbocycles. The number of nitrogens with zero attached hydrogens (tertiary/aromatic N) is 1. The number of fused-ring (bicyclic) bond motifs is 1. The van der Waals surface area contributed by atoms with Crippen LogP contribution in [0, 0.1) is 0 Å². The van der Waals surface area contributed by atoms with Crippen LogP contribution in [0.3, 0.4) is 0 Å². The molecule has 1 heterocycles. The van der Waals surface area contributed by atoms with Gasteiger partial charge < -0.3 is 4.34 Å². The molecule has 0 bridgehead atoms. The second-order valence-corrected chi connectivity index (χ2v) is 7.90. The summed E-state index contributed by atoms with van der Waals surface area (Å²) < 4.78 is 2.20. The van der Waals surface area contributed by atoms with Gasteiger partial charge in [-0.15, -0.1) is 0 Å². The van der Waals surface area contributed by atoms with Gasteiger partial charge in [-0.3, -0.25) is 0 Å². The number of para-hydroxylation sites is 1. The first kappa shape index (κ1) is 11.0. The molecule has 1 aromatic carbocycles. The summed E-state index contributed by atoms with van der Waals surface area (Å²) in [5.41, 5.74) is 1.23. The highest BCUT2D eigenvalue weighted by molar-refractivity contribution is 7.84. The lowest BCUT2D eigenvalue weighted by atomic mass is 10.3. The highest BCUT2D eigenvalue weighted by atomic mass is 35.7. The van der Waals surface area contributed by atoms with E-state index >= 15 is 0 Å². The second-order valence-electron chi connectivity index (χ2n) is 4.65. The average Bonchev–Trinajstić information content (AvgIpc) is 2.58. The number of hydrogen-bond donors (Lipinski definition) is 0. The minimum atomic E-state index is -0.691. The van der Waals surface area contributed by atoms with Crippen molar-refractivity contribution >= 4 is 29.6 Å². The highest BCUT2D eigenvalue weighted by Crippen LogP contribution is 2.56. The van der Waals surface area contributed by atoms with E-state index in [1.807, 2.05) is 0 Å². The molecule has 0 saturated heterocycles. The molecule has 15 heavy (non-hydrogen) atoms. The first-order valence-corrected chi connectivity index (χ1v) is 7.22. The summed E-state index contributed by atoms with van der Waals surface area (Å²) in [6, 6.07) is 10.5. The van der Waals surface area contributed by atoms with E-state index in [1.165, 1.54) is 10.9 Å². The van der Waals surface area contributed by atoms with Gasteiger partial charge in [0.2, 0.25) is 0 Å². The Morgan fingerprint density at radius 1 is 1.13 bits per heavy atom. The van der Waals surface area contributed by atoms with Gasteiger partial charge in [0.25, 0.3) is 0 Å². The minimum Gasteiger partial charge on any atom is -0.312 e. The van der Waals surface area contributed by atoms with Crippen molar-refractivity contribution in [2.24, 2.45) is 0 Å². The summed E-state index contributed by atoms with van der Waals surface area (Å²) >= 11 is 6.53. The molecule has 0 aliphatic heterocycles. The fourth-order valence-electron chi connectivity index (χ4n) is 1.54. The van der Waals surface area contributed by atoms with Crippen molar-refractivity contribution < 1.29 is 0 Å². The fraction of sp³-hybridized carbons (Fsp3) is 0.333. The topological polar surface area (TPSA) is 4.93 Å². The number of halogens is 1. The van der Waals surface area contributed by atoms with E-state index in [2.05, 4.69) is 61.6 Å². The molecule has 0 aliphatic rings. The molecule has 1 unspecified atom stereocenters. The average molecular weight is 240 g/mol. The van der Waals surface area contributed by atoms with E-state index in [1.54, 1.807) is 0 Å². The smallest absolute Gasteiger partial charge is 0.0988 e. The fourth-order valence-corrected chi connectivity index (χ4v) is 3.14. The summed E-state index contributed by atoms with van der Waals surface area (Å²) in [5.74, 6) is 0. The van der Waals surface area contributed by atoms with E-state index in [4.69, 9.17) is 11.2 Å². The Morgan fingerprint density at radius 3 is 2.47 bits per heavy atom. The number of aromatic nitrogens is 1. The predicted molar refractivity (Wildman–Crippen MR) is 69.9 cm³/mol. The van der Waals surface area contributed by atoms with E-state index < -0.39 is 7.43 Å². The summed E-state index contributed by atoms with van der Waals surface area (Å²) in [7, 11) is -0.691. The third-order valence-electron chi connectivity index (χ3n) is 2.32. The van der Waals surface area contributed by atoms with Crippen LogP contribution in [0.1, 0.15) is 20.8 Å². The minimum absolute atomic E-state index is 0.124. The van der Waals surface area contributed by atoms with Crippen molar-refractivity contribution in [3.63, 3.8) is 0 Å². The third kappa shape index (κ3) is 2.04. The molecule has 2 aromatic rings. The van der Waals surface area contributed by atoms with Crippen LogP contribution in [0.25, 0.3) is 10.9 Å². The highest BCUT2D eigenvalue weighted by Gasteiger charge is 2.24. The maximum absolute atomic E-state index is 6.53. The summed E-state index contributed by atoms with van der Waals surface area (Å²) in [6.45, 7) is 6.54. The zero-order valence-electron chi connectivity index (χ0n) is 9.24. The van der Waals surface area contributed by atoms with Crippen LogP contribution in [0.15, 0.2) is 36.5 Å². The molecule has 0 N–H and O–H groups in total. The SMILES string of the molecule is CC(C)(C)P(Cl)n1ccc2ccccc21. The molecular formula is C12H15ClNP.